The molecule has 0 bridgehead atoms. The lowest BCUT2D eigenvalue weighted by Crippen LogP contribution is -2.39. The molecule has 0 radical (unpaired) electrons. The van der Waals surface area contributed by atoms with Crippen LogP contribution in [-0.4, -0.2) is 30.1 Å². The Morgan fingerprint density at radius 1 is 1.12 bits per heavy atom. The summed E-state index contributed by atoms with van der Waals surface area (Å²) >= 11 is 0. The van der Waals surface area contributed by atoms with Gasteiger partial charge in [-0.25, -0.2) is 4.39 Å². The van der Waals surface area contributed by atoms with E-state index in [1.54, 1.807) is 6.07 Å². The SMILES string of the molecule is CCc1ccc2cc(F)ccc2c1C.O=C(N1CCCC1)C(F)(F)F. The van der Waals surface area contributed by atoms with Crippen LogP contribution in [0.5, 0.6) is 0 Å². The van der Waals surface area contributed by atoms with Crippen molar-refractivity contribution < 1.29 is 22.4 Å². The largest absolute Gasteiger partial charge is 0.471 e. The molecule has 1 aliphatic rings. The topological polar surface area (TPSA) is 20.3 Å². The first-order valence-electron chi connectivity index (χ1n) is 8.28. The summed E-state index contributed by atoms with van der Waals surface area (Å²) in [5, 5.41) is 2.14. The Morgan fingerprint density at radius 2 is 1.76 bits per heavy atom. The highest BCUT2D eigenvalue weighted by molar-refractivity contribution is 5.86. The molecule has 6 heteroatoms. The molecule has 1 heterocycles. The normalized spacial score (nSPS) is 14.4. The van der Waals surface area contributed by atoms with Crippen molar-refractivity contribution in [2.45, 2.75) is 39.3 Å². The molecule has 1 saturated heterocycles. The van der Waals surface area contributed by atoms with Crippen LogP contribution in [0.4, 0.5) is 17.6 Å². The van der Waals surface area contributed by atoms with E-state index in [-0.39, 0.29) is 18.9 Å². The van der Waals surface area contributed by atoms with Crippen molar-refractivity contribution in [3.05, 3.63) is 47.3 Å². The zero-order chi connectivity index (χ0) is 18.6. The Kier molecular flexibility index (Phi) is 6.03. The number of amides is 1. The number of alkyl halides is 3. The molecule has 2 aromatic rings. The van der Waals surface area contributed by atoms with Crippen LogP contribution in [0.2, 0.25) is 0 Å². The standard InChI is InChI=1S/C13H13F.C6H8F3NO/c1-3-10-4-5-11-8-12(14)6-7-13(11)9(10)2;7-6(8,9)5(11)10-3-1-2-4-10/h4-8H,3H2,1-2H3;1-4H2. The number of benzene rings is 2. The predicted molar refractivity (Wildman–Crippen MR) is 89.9 cm³/mol. The van der Waals surface area contributed by atoms with E-state index in [4.69, 9.17) is 0 Å². The van der Waals surface area contributed by atoms with Crippen LogP contribution >= 0.6 is 0 Å². The van der Waals surface area contributed by atoms with Gasteiger partial charge in [-0.2, -0.15) is 13.2 Å². The molecule has 0 aromatic heterocycles. The monoisotopic (exact) mass is 355 g/mol. The third kappa shape index (κ3) is 4.71. The zero-order valence-corrected chi connectivity index (χ0v) is 14.3. The maximum Gasteiger partial charge on any atom is 0.471 e. The molecular formula is C19H21F4NO. The summed E-state index contributed by atoms with van der Waals surface area (Å²) in [6, 6.07) is 9.04. The Bertz CT molecular complexity index is 749. The highest BCUT2D eigenvalue weighted by Gasteiger charge is 2.42. The lowest BCUT2D eigenvalue weighted by atomic mass is 9.99. The van der Waals surface area contributed by atoms with E-state index in [1.807, 2.05) is 12.1 Å². The number of halogens is 4. The van der Waals surface area contributed by atoms with Gasteiger partial charge in [0, 0.05) is 13.1 Å². The lowest BCUT2D eigenvalue weighted by molar-refractivity contribution is -0.184. The predicted octanol–water partition coefficient (Wildman–Crippen LogP) is 5.02. The van der Waals surface area contributed by atoms with E-state index in [1.165, 1.54) is 17.2 Å². The molecule has 1 amide bonds. The Hall–Kier alpha value is -2.11. The number of hydrogen-bond acceptors (Lipinski definition) is 1. The molecule has 2 nitrogen and oxygen atoms in total. The van der Waals surface area contributed by atoms with Crippen LogP contribution < -0.4 is 0 Å². The van der Waals surface area contributed by atoms with Gasteiger partial charge in [-0.1, -0.05) is 25.1 Å². The highest BCUT2D eigenvalue weighted by Crippen LogP contribution is 2.23. The van der Waals surface area contributed by atoms with Gasteiger partial charge in [0.2, 0.25) is 0 Å². The zero-order valence-electron chi connectivity index (χ0n) is 14.3. The molecule has 0 unspecified atom stereocenters. The number of hydrogen-bond donors (Lipinski definition) is 0. The van der Waals surface area contributed by atoms with Crippen LogP contribution in [-0.2, 0) is 11.2 Å². The molecule has 1 fully saturated rings. The molecule has 136 valence electrons. The van der Waals surface area contributed by atoms with E-state index in [0.29, 0.717) is 12.8 Å². The van der Waals surface area contributed by atoms with Gasteiger partial charge in [-0.15, -0.1) is 0 Å². The summed E-state index contributed by atoms with van der Waals surface area (Å²) in [7, 11) is 0. The number of nitrogens with zero attached hydrogens (tertiary/aromatic N) is 1. The van der Waals surface area contributed by atoms with Gasteiger partial charge in [-0.05, 0) is 60.2 Å². The van der Waals surface area contributed by atoms with E-state index in [9.17, 15) is 22.4 Å². The molecule has 0 atom stereocenters. The maximum absolute atomic E-state index is 13.0. The van der Waals surface area contributed by atoms with Crippen molar-refractivity contribution >= 4 is 16.7 Å². The second-order valence-corrected chi connectivity index (χ2v) is 6.07. The third-order valence-electron chi connectivity index (χ3n) is 4.38. The van der Waals surface area contributed by atoms with Gasteiger partial charge in [0.25, 0.3) is 0 Å². The number of rotatable bonds is 1. The van der Waals surface area contributed by atoms with Gasteiger partial charge >= 0.3 is 12.1 Å². The van der Waals surface area contributed by atoms with E-state index < -0.39 is 12.1 Å². The summed E-state index contributed by atoms with van der Waals surface area (Å²) in [5.74, 6) is -1.86. The van der Waals surface area contributed by atoms with Crippen molar-refractivity contribution in [1.29, 1.82) is 0 Å². The van der Waals surface area contributed by atoms with Crippen LogP contribution in [0.15, 0.2) is 30.3 Å². The molecule has 2 aromatic carbocycles. The number of fused-ring (bicyclic) bond motifs is 1. The van der Waals surface area contributed by atoms with Crippen molar-refractivity contribution in [1.82, 2.24) is 4.90 Å². The van der Waals surface area contributed by atoms with Crippen LogP contribution in [0.1, 0.15) is 30.9 Å². The summed E-state index contributed by atoms with van der Waals surface area (Å²) in [6.07, 6.45) is -2.30. The average Bonchev–Trinajstić information content (AvgIpc) is 3.08. The Balaban J connectivity index is 0.000000186. The molecule has 0 spiro atoms. The molecule has 3 rings (SSSR count). The van der Waals surface area contributed by atoms with Crippen molar-refractivity contribution in [3.8, 4) is 0 Å². The minimum Gasteiger partial charge on any atom is -0.335 e. The fourth-order valence-corrected chi connectivity index (χ4v) is 2.98. The van der Waals surface area contributed by atoms with E-state index in [2.05, 4.69) is 19.9 Å². The number of likely N-dealkylation sites (tertiary alicyclic amines) is 1. The van der Waals surface area contributed by atoms with Crippen molar-refractivity contribution in [2.24, 2.45) is 0 Å². The molecule has 0 N–H and O–H groups in total. The van der Waals surface area contributed by atoms with Crippen LogP contribution in [0, 0.1) is 12.7 Å². The lowest BCUT2D eigenvalue weighted by Gasteiger charge is -2.16. The first-order chi connectivity index (χ1) is 11.7. The highest BCUT2D eigenvalue weighted by atomic mass is 19.4. The Labute approximate surface area is 144 Å². The van der Waals surface area contributed by atoms with E-state index >= 15 is 0 Å². The molecule has 1 aliphatic heterocycles. The molecular weight excluding hydrogens is 334 g/mol. The maximum atomic E-state index is 13.0. The fourth-order valence-electron chi connectivity index (χ4n) is 2.98. The minimum absolute atomic E-state index is 0.166. The minimum atomic E-state index is -4.69. The van der Waals surface area contributed by atoms with Crippen LogP contribution in [0.25, 0.3) is 10.8 Å². The molecule has 0 aliphatic carbocycles. The third-order valence-corrected chi connectivity index (χ3v) is 4.38. The average molecular weight is 355 g/mol. The summed E-state index contributed by atoms with van der Waals surface area (Å²) < 4.78 is 48.1. The fraction of sp³-hybridized carbons (Fsp3) is 0.421. The smallest absolute Gasteiger partial charge is 0.335 e. The second kappa shape index (κ2) is 7.85. The van der Waals surface area contributed by atoms with Gasteiger partial charge < -0.3 is 4.90 Å². The van der Waals surface area contributed by atoms with Crippen molar-refractivity contribution in [3.63, 3.8) is 0 Å². The van der Waals surface area contributed by atoms with Crippen molar-refractivity contribution in [2.75, 3.05) is 13.1 Å². The number of carbonyl (C=O) groups is 1. The van der Waals surface area contributed by atoms with E-state index in [0.717, 1.165) is 22.1 Å². The second-order valence-electron chi connectivity index (χ2n) is 6.07. The first kappa shape index (κ1) is 19.2. The molecule has 0 saturated carbocycles. The summed E-state index contributed by atoms with van der Waals surface area (Å²) in [6.45, 7) is 4.73. The summed E-state index contributed by atoms with van der Waals surface area (Å²) in [5.41, 5.74) is 2.61. The number of aryl methyl sites for hydroxylation is 2. The summed E-state index contributed by atoms with van der Waals surface area (Å²) in [4.78, 5) is 11.3. The van der Waals surface area contributed by atoms with Gasteiger partial charge in [0.15, 0.2) is 0 Å². The quantitative estimate of drug-likeness (QED) is 0.658. The number of carbonyl (C=O) groups excluding carboxylic acids is 1. The van der Waals surface area contributed by atoms with Gasteiger partial charge in [-0.3, -0.25) is 4.79 Å². The Morgan fingerprint density at radius 3 is 2.32 bits per heavy atom. The molecule has 25 heavy (non-hydrogen) atoms. The first-order valence-corrected chi connectivity index (χ1v) is 8.28. The van der Waals surface area contributed by atoms with Gasteiger partial charge in [0.05, 0.1) is 0 Å². The van der Waals surface area contributed by atoms with Crippen LogP contribution in [0.3, 0.4) is 0 Å². The van der Waals surface area contributed by atoms with Gasteiger partial charge in [0.1, 0.15) is 5.82 Å².